The van der Waals surface area contributed by atoms with Crippen LogP contribution in [0.3, 0.4) is 0 Å². The van der Waals surface area contributed by atoms with Crippen molar-refractivity contribution in [1.29, 1.82) is 0 Å². The maximum absolute atomic E-state index is 12.6. The summed E-state index contributed by atoms with van der Waals surface area (Å²) in [5.41, 5.74) is -0.465. The van der Waals surface area contributed by atoms with Gasteiger partial charge in [-0.05, 0) is 49.9 Å². The molecular formula is C17H23F3N2O2. The van der Waals surface area contributed by atoms with Gasteiger partial charge in [0.05, 0.1) is 5.56 Å². The molecule has 0 amide bonds. The fourth-order valence-electron chi connectivity index (χ4n) is 3.50. The van der Waals surface area contributed by atoms with Gasteiger partial charge < -0.3 is 14.8 Å². The van der Waals surface area contributed by atoms with Crippen LogP contribution in [-0.2, 0) is 11.0 Å². The van der Waals surface area contributed by atoms with Crippen molar-refractivity contribution in [2.45, 2.75) is 37.6 Å². The maximum atomic E-state index is 12.6. The largest absolute Gasteiger partial charge is 0.416 e. The molecule has 0 radical (unpaired) electrons. The van der Waals surface area contributed by atoms with E-state index in [0.717, 1.165) is 69.7 Å². The summed E-state index contributed by atoms with van der Waals surface area (Å²) in [6, 6.07) is 5.32. The van der Waals surface area contributed by atoms with Crippen LogP contribution in [0, 0.1) is 0 Å². The number of anilines is 1. The molecule has 0 atom stereocenters. The Morgan fingerprint density at radius 2 is 1.46 bits per heavy atom. The average molecular weight is 344 g/mol. The molecule has 1 aliphatic carbocycles. The molecule has 4 nitrogen and oxygen atoms in total. The van der Waals surface area contributed by atoms with Crippen LogP contribution in [0.4, 0.5) is 18.9 Å². The molecule has 0 spiro atoms. The lowest BCUT2D eigenvalue weighted by molar-refractivity contribution is -0.137. The number of aliphatic hydroxyl groups is 1. The zero-order valence-corrected chi connectivity index (χ0v) is 13.6. The molecule has 1 saturated heterocycles. The van der Waals surface area contributed by atoms with Crippen molar-refractivity contribution in [1.82, 2.24) is 4.90 Å². The third-order valence-corrected chi connectivity index (χ3v) is 4.83. The van der Waals surface area contributed by atoms with Gasteiger partial charge in [-0.15, -0.1) is 0 Å². The van der Waals surface area contributed by atoms with E-state index in [1.165, 1.54) is 12.1 Å². The van der Waals surface area contributed by atoms with E-state index in [4.69, 9.17) is 4.79 Å². The fourth-order valence-corrected chi connectivity index (χ4v) is 3.50. The molecule has 7 heteroatoms. The molecule has 0 bridgehead atoms. The predicted octanol–water partition coefficient (Wildman–Crippen LogP) is 2.91. The molecule has 1 saturated carbocycles. The number of nitrogens with zero attached hydrogens (tertiary/aromatic N) is 2. The lowest BCUT2D eigenvalue weighted by Crippen LogP contribution is -2.56. The number of hydrogen-bond acceptors (Lipinski definition) is 4. The minimum atomic E-state index is -4.29. The molecule has 2 fully saturated rings. The average Bonchev–Trinajstić information content (AvgIpc) is 3.04. The smallest absolute Gasteiger partial charge is 0.376 e. The Hall–Kier alpha value is -1.60. The van der Waals surface area contributed by atoms with Gasteiger partial charge in [0.2, 0.25) is 0 Å². The minimum Gasteiger partial charge on any atom is -0.376 e. The summed E-state index contributed by atoms with van der Waals surface area (Å²) >= 11 is 0. The van der Waals surface area contributed by atoms with Gasteiger partial charge in [-0.1, -0.05) is 0 Å². The summed E-state index contributed by atoms with van der Waals surface area (Å²) in [6.07, 6.45) is -0.505. The Balaban J connectivity index is 0.00000100. The Labute approximate surface area is 139 Å². The summed E-state index contributed by atoms with van der Waals surface area (Å²) in [4.78, 5) is 12.2. The topological polar surface area (TPSA) is 43.8 Å². The van der Waals surface area contributed by atoms with Crippen LogP contribution in [0.5, 0.6) is 0 Å². The van der Waals surface area contributed by atoms with E-state index in [1.54, 1.807) is 0 Å². The molecule has 0 aromatic heterocycles. The van der Waals surface area contributed by atoms with Gasteiger partial charge >= 0.3 is 6.18 Å². The van der Waals surface area contributed by atoms with Crippen LogP contribution in [0.2, 0.25) is 0 Å². The van der Waals surface area contributed by atoms with E-state index >= 15 is 0 Å². The first-order chi connectivity index (χ1) is 11.4. The highest BCUT2D eigenvalue weighted by Gasteiger charge is 2.38. The second-order valence-electron chi connectivity index (χ2n) is 6.21. The summed E-state index contributed by atoms with van der Waals surface area (Å²) in [5, 5.41) is 10.6. The first-order valence-electron chi connectivity index (χ1n) is 8.07. The SMILES string of the molecule is C=O.OC1(N2CCN(c3ccc(C(F)(F)F)cc3)CC2)CCCC1. The monoisotopic (exact) mass is 344 g/mol. The number of halogens is 3. The van der Waals surface area contributed by atoms with Crippen LogP contribution in [0.25, 0.3) is 0 Å². The lowest BCUT2D eigenvalue weighted by atomic mass is 10.1. The highest BCUT2D eigenvalue weighted by Crippen LogP contribution is 2.34. The summed E-state index contributed by atoms with van der Waals surface area (Å²) in [5.74, 6) is 0. The molecule has 1 heterocycles. The highest BCUT2D eigenvalue weighted by molar-refractivity contribution is 5.48. The maximum Gasteiger partial charge on any atom is 0.416 e. The molecule has 1 aliphatic heterocycles. The zero-order valence-electron chi connectivity index (χ0n) is 13.6. The number of carbonyl (C=O) groups is 1. The van der Waals surface area contributed by atoms with Gasteiger partial charge in [-0.2, -0.15) is 13.2 Å². The molecule has 24 heavy (non-hydrogen) atoms. The van der Waals surface area contributed by atoms with Crippen molar-refractivity contribution in [3.8, 4) is 0 Å². The summed E-state index contributed by atoms with van der Waals surface area (Å²) in [6.45, 7) is 4.95. The molecular weight excluding hydrogens is 321 g/mol. The van der Waals surface area contributed by atoms with Gasteiger partial charge in [0.1, 0.15) is 12.5 Å². The van der Waals surface area contributed by atoms with Crippen molar-refractivity contribution >= 4 is 12.5 Å². The van der Waals surface area contributed by atoms with Crippen molar-refractivity contribution < 1.29 is 23.1 Å². The van der Waals surface area contributed by atoms with E-state index in [1.807, 2.05) is 6.79 Å². The third kappa shape index (κ3) is 4.08. The van der Waals surface area contributed by atoms with Crippen LogP contribution in [0.15, 0.2) is 24.3 Å². The second-order valence-corrected chi connectivity index (χ2v) is 6.21. The Morgan fingerprint density at radius 3 is 1.92 bits per heavy atom. The quantitative estimate of drug-likeness (QED) is 0.896. The van der Waals surface area contributed by atoms with Gasteiger partial charge in [-0.3, -0.25) is 4.90 Å². The highest BCUT2D eigenvalue weighted by atomic mass is 19.4. The number of hydrogen-bond donors (Lipinski definition) is 1. The van der Waals surface area contributed by atoms with Crippen molar-refractivity contribution in [2.24, 2.45) is 0 Å². The third-order valence-electron chi connectivity index (χ3n) is 4.83. The number of carbonyl (C=O) groups excluding carboxylic acids is 1. The Morgan fingerprint density at radius 1 is 0.958 bits per heavy atom. The van der Waals surface area contributed by atoms with Crippen LogP contribution >= 0.6 is 0 Å². The standard InChI is InChI=1S/C16H21F3N2O.CH2O/c17-16(18,19)13-3-5-14(6-4-13)20-9-11-21(12-10-20)15(22)7-1-2-8-15;1-2/h3-6,22H,1-2,7-12H2;1H2. The van der Waals surface area contributed by atoms with E-state index in [9.17, 15) is 18.3 Å². The van der Waals surface area contributed by atoms with E-state index in [0.29, 0.717) is 0 Å². The molecule has 3 rings (SSSR count). The lowest BCUT2D eigenvalue weighted by Gasteiger charge is -2.43. The number of rotatable bonds is 2. The molecule has 1 N–H and O–H groups in total. The summed E-state index contributed by atoms with van der Waals surface area (Å²) < 4.78 is 37.7. The molecule has 1 aromatic rings. The van der Waals surface area contributed by atoms with Crippen molar-refractivity contribution in [2.75, 3.05) is 31.1 Å². The molecule has 134 valence electrons. The van der Waals surface area contributed by atoms with Crippen LogP contribution < -0.4 is 4.90 Å². The van der Waals surface area contributed by atoms with Gasteiger partial charge in [-0.25, -0.2) is 0 Å². The van der Waals surface area contributed by atoms with Gasteiger partial charge in [0.25, 0.3) is 0 Å². The van der Waals surface area contributed by atoms with Crippen molar-refractivity contribution in [3.05, 3.63) is 29.8 Å². The van der Waals surface area contributed by atoms with Crippen LogP contribution in [-0.4, -0.2) is 48.7 Å². The number of benzene rings is 1. The Kier molecular flexibility index (Phi) is 5.87. The van der Waals surface area contributed by atoms with Gasteiger partial charge in [0, 0.05) is 31.9 Å². The normalized spacial score (nSPS) is 21.2. The van der Waals surface area contributed by atoms with Crippen molar-refractivity contribution in [3.63, 3.8) is 0 Å². The summed E-state index contributed by atoms with van der Waals surface area (Å²) in [7, 11) is 0. The fraction of sp³-hybridized carbons (Fsp3) is 0.588. The predicted molar refractivity (Wildman–Crippen MR) is 85.8 cm³/mol. The number of piperazine rings is 1. The van der Waals surface area contributed by atoms with E-state index < -0.39 is 17.5 Å². The second kappa shape index (κ2) is 7.53. The van der Waals surface area contributed by atoms with Crippen LogP contribution in [0.1, 0.15) is 31.2 Å². The first kappa shape index (κ1) is 18.7. The number of alkyl halides is 3. The molecule has 2 aliphatic rings. The Bertz CT molecular complexity index is 520. The molecule has 0 unspecified atom stereocenters. The molecule has 1 aromatic carbocycles. The first-order valence-corrected chi connectivity index (χ1v) is 8.07. The van der Waals surface area contributed by atoms with E-state index in [-0.39, 0.29) is 0 Å². The van der Waals surface area contributed by atoms with E-state index in [2.05, 4.69) is 9.80 Å². The minimum absolute atomic E-state index is 0.616. The zero-order chi connectivity index (χ0) is 17.8. The van der Waals surface area contributed by atoms with Gasteiger partial charge in [0.15, 0.2) is 0 Å².